The fraction of sp³-hybridized carbons (Fsp3) is 0.387. The van der Waals surface area contributed by atoms with Gasteiger partial charge in [0.1, 0.15) is 0 Å². The van der Waals surface area contributed by atoms with Crippen LogP contribution in [0.4, 0.5) is 0 Å². The lowest BCUT2D eigenvalue weighted by molar-refractivity contribution is -0.121. The van der Waals surface area contributed by atoms with Gasteiger partial charge in [-0.2, -0.15) is 0 Å². The molecule has 0 unspecified atom stereocenters. The summed E-state index contributed by atoms with van der Waals surface area (Å²) in [4.78, 5) is 15.3. The maximum absolute atomic E-state index is 13.3. The molecule has 1 heterocycles. The lowest BCUT2D eigenvalue weighted by Gasteiger charge is -2.33. The van der Waals surface area contributed by atoms with Gasteiger partial charge in [0.05, 0.1) is 11.3 Å². The molecule has 5 rings (SSSR count). The highest BCUT2D eigenvalue weighted by Gasteiger charge is 2.56. The fourth-order valence-corrected chi connectivity index (χ4v) is 7.39. The zero-order valence-corrected chi connectivity index (χ0v) is 23.9. The number of carbonyl (C=O) groups excluding carboxylic acids is 1. The van der Waals surface area contributed by atoms with Crippen LogP contribution in [0.2, 0.25) is 5.02 Å². The molecular weight excluding hydrogens is 530 g/mol. The molecule has 1 amide bonds. The highest BCUT2D eigenvalue weighted by molar-refractivity contribution is 7.89. The molecular formula is C31H36ClN3O3S. The average Bonchev–Trinajstić information content (AvgIpc) is 3.63. The first-order chi connectivity index (χ1) is 18.8. The summed E-state index contributed by atoms with van der Waals surface area (Å²) in [6, 6.07) is 26.5. The predicted octanol–water partition coefficient (Wildman–Crippen LogP) is 4.74. The minimum Gasteiger partial charge on any atom is -0.353 e. The minimum absolute atomic E-state index is 0.0736. The third-order valence-corrected chi connectivity index (χ3v) is 10.3. The van der Waals surface area contributed by atoms with Crippen molar-refractivity contribution in [3.63, 3.8) is 0 Å². The molecule has 1 aliphatic heterocycles. The zero-order chi connectivity index (χ0) is 27.5. The Hall–Kier alpha value is -2.71. The molecule has 0 radical (unpaired) electrons. The Morgan fingerprint density at radius 2 is 1.67 bits per heavy atom. The fourth-order valence-electron chi connectivity index (χ4n) is 5.94. The van der Waals surface area contributed by atoms with Crippen LogP contribution in [0.3, 0.4) is 0 Å². The van der Waals surface area contributed by atoms with Gasteiger partial charge in [-0.3, -0.25) is 4.79 Å². The van der Waals surface area contributed by atoms with Crippen LogP contribution in [0.5, 0.6) is 0 Å². The number of halogens is 1. The number of hydrogen-bond donors (Lipinski definition) is 1. The number of likely N-dealkylation sites (N-methyl/N-ethyl adjacent to an activating group) is 1. The van der Waals surface area contributed by atoms with Crippen LogP contribution in [0.15, 0.2) is 89.8 Å². The Labute approximate surface area is 237 Å². The molecule has 0 aromatic heterocycles. The Balaban J connectivity index is 1.21. The predicted molar refractivity (Wildman–Crippen MR) is 155 cm³/mol. The van der Waals surface area contributed by atoms with Crippen LogP contribution in [-0.2, 0) is 26.7 Å². The number of likely N-dealkylation sites (tertiary alicyclic amines) is 1. The highest BCUT2D eigenvalue weighted by atomic mass is 35.5. The number of benzene rings is 3. The van der Waals surface area contributed by atoms with E-state index in [0.29, 0.717) is 28.8 Å². The molecule has 8 heteroatoms. The first-order valence-corrected chi connectivity index (χ1v) is 15.4. The molecule has 2 aliphatic rings. The first kappa shape index (κ1) is 27.8. The molecule has 0 spiro atoms. The van der Waals surface area contributed by atoms with Gasteiger partial charge in [0.2, 0.25) is 15.9 Å². The molecule has 1 saturated heterocycles. The molecule has 2 atom stereocenters. The standard InChI is InChI=1S/C31H36ClN3O3S/c1-34(39(37,38)29-13-6-3-7-14-29)23-31(25-11-8-12-27(32)20-25)21-26(31)22-35-17-15-28(16-18-35)33-30(36)19-24-9-4-2-5-10-24/h2-14,20,26,28H,15-19,21-23H2,1H3,(H,33,36)/t26-,31+/m0/s1. The SMILES string of the molecule is CN(C[C@@]1(c2cccc(Cl)c2)C[C@H]1CN1CCC(NC(=O)Cc2ccccc2)CC1)S(=O)(=O)c1ccccc1. The maximum Gasteiger partial charge on any atom is 0.242 e. The van der Waals surface area contributed by atoms with Crippen LogP contribution in [-0.4, -0.2) is 62.8 Å². The van der Waals surface area contributed by atoms with E-state index in [1.54, 1.807) is 31.3 Å². The van der Waals surface area contributed by atoms with Crippen LogP contribution >= 0.6 is 11.6 Å². The summed E-state index contributed by atoms with van der Waals surface area (Å²) in [6.45, 7) is 3.13. The Morgan fingerprint density at radius 3 is 2.33 bits per heavy atom. The first-order valence-electron chi connectivity index (χ1n) is 13.6. The van der Waals surface area contributed by atoms with Gasteiger partial charge in [-0.1, -0.05) is 72.3 Å². The van der Waals surface area contributed by atoms with E-state index in [-0.39, 0.29) is 17.4 Å². The number of hydrogen-bond acceptors (Lipinski definition) is 4. The van der Waals surface area contributed by atoms with Crippen LogP contribution < -0.4 is 5.32 Å². The summed E-state index contributed by atoms with van der Waals surface area (Å²) in [5.74, 6) is 0.401. The highest BCUT2D eigenvalue weighted by Crippen LogP contribution is 2.55. The normalized spacial score (nSPS) is 22.1. The number of rotatable bonds is 10. The van der Waals surface area contributed by atoms with Crippen molar-refractivity contribution in [1.29, 1.82) is 0 Å². The van der Waals surface area contributed by atoms with Crippen molar-refractivity contribution in [2.75, 3.05) is 33.2 Å². The van der Waals surface area contributed by atoms with E-state index >= 15 is 0 Å². The van der Waals surface area contributed by atoms with Crippen LogP contribution in [0, 0.1) is 5.92 Å². The van der Waals surface area contributed by atoms with Gasteiger partial charge in [0.25, 0.3) is 0 Å². The monoisotopic (exact) mass is 565 g/mol. The second kappa shape index (κ2) is 11.8. The van der Waals surface area contributed by atoms with Crippen molar-refractivity contribution < 1.29 is 13.2 Å². The molecule has 3 aromatic carbocycles. The van der Waals surface area contributed by atoms with E-state index in [0.717, 1.165) is 50.0 Å². The lowest BCUT2D eigenvalue weighted by atomic mass is 9.92. The number of nitrogens with one attached hydrogen (secondary N) is 1. The molecule has 206 valence electrons. The van der Waals surface area contributed by atoms with E-state index in [4.69, 9.17) is 11.6 Å². The third kappa shape index (κ3) is 6.55. The summed E-state index contributed by atoms with van der Waals surface area (Å²) in [5, 5.41) is 3.87. The van der Waals surface area contributed by atoms with Crippen molar-refractivity contribution >= 4 is 27.5 Å². The van der Waals surface area contributed by atoms with Crippen molar-refractivity contribution in [1.82, 2.24) is 14.5 Å². The lowest BCUT2D eigenvalue weighted by Crippen LogP contribution is -2.46. The zero-order valence-electron chi connectivity index (χ0n) is 22.3. The molecule has 1 N–H and O–H groups in total. The summed E-state index contributed by atoms with van der Waals surface area (Å²) in [7, 11) is -1.93. The van der Waals surface area contributed by atoms with Gasteiger partial charge >= 0.3 is 0 Å². The van der Waals surface area contributed by atoms with Gasteiger partial charge in [-0.15, -0.1) is 0 Å². The quantitative estimate of drug-likeness (QED) is 0.385. The molecule has 6 nitrogen and oxygen atoms in total. The number of carbonyl (C=O) groups is 1. The van der Waals surface area contributed by atoms with E-state index < -0.39 is 10.0 Å². The molecule has 1 saturated carbocycles. The van der Waals surface area contributed by atoms with Crippen molar-refractivity contribution in [2.24, 2.45) is 5.92 Å². The second-order valence-electron chi connectivity index (χ2n) is 10.9. The summed E-state index contributed by atoms with van der Waals surface area (Å²) in [5.41, 5.74) is 1.85. The Bertz CT molecular complexity index is 1380. The van der Waals surface area contributed by atoms with E-state index in [1.807, 2.05) is 54.6 Å². The van der Waals surface area contributed by atoms with E-state index in [9.17, 15) is 13.2 Å². The Kier molecular flexibility index (Phi) is 8.43. The summed E-state index contributed by atoms with van der Waals surface area (Å²) < 4.78 is 28.2. The number of piperidine rings is 1. The largest absolute Gasteiger partial charge is 0.353 e. The number of nitrogens with zero attached hydrogens (tertiary/aromatic N) is 2. The van der Waals surface area contributed by atoms with Crippen LogP contribution in [0.1, 0.15) is 30.4 Å². The smallest absolute Gasteiger partial charge is 0.242 e. The van der Waals surface area contributed by atoms with Crippen LogP contribution in [0.25, 0.3) is 0 Å². The van der Waals surface area contributed by atoms with Crippen molar-refractivity contribution in [3.05, 3.63) is 101 Å². The molecule has 39 heavy (non-hydrogen) atoms. The third-order valence-electron chi connectivity index (χ3n) is 8.23. The van der Waals surface area contributed by atoms with Gasteiger partial charge in [-0.25, -0.2) is 12.7 Å². The molecule has 0 bridgehead atoms. The average molecular weight is 566 g/mol. The molecule has 1 aliphatic carbocycles. The second-order valence-corrected chi connectivity index (χ2v) is 13.4. The molecule has 3 aromatic rings. The minimum atomic E-state index is -3.60. The topological polar surface area (TPSA) is 69.7 Å². The van der Waals surface area contributed by atoms with Gasteiger partial charge < -0.3 is 10.2 Å². The van der Waals surface area contributed by atoms with E-state index in [2.05, 4.69) is 16.3 Å². The van der Waals surface area contributed by atoms with Gasteiger partial charge in [0.15, 0.2) is 0 Å². The number of sulfonamides is 1. The summed E-state index contributed by atoms with van der Waals surface area (Å²) >= 11 is 6.37. The van der Waals surface area contributed by atoms with E-state index in [1.165, 1.54) is 4.31 Å². The van der Waals surface area contributed by atoms with Gasteiger partial charge in [-0.05, 0) is 60.6 Å². The van der Waals surface area contributed by atoms with Gasteiger partial charge in [0, 0.05) is 49.7 Å². The maximum atomic E-state index is 13.3. The van der Waals surface area contributed by atoms with Crippen molar-refractivity contribution in [2.45, 2.75) is 42.0 Å². The van der Waals surface area contributed by atoms with Crippen molar-refractivity contribution in [3.8, 4) is 0 Å². The summed E-state index contributed by atoms with van der Waals surface area (Å²) in [6.07, 6.45) is 3.15. The number of amides is 1. The molecule has 2 fully saturated rings. The Morgan fingerprint density at radius 1 is 1.00 bits per heavy atom.